The van der Waals surface area contributed by atoms with Crippen molar-refractivity contribution in [3.8, 4) is 5.75 Å². The number of benzene rings is 2. The van der Waals surface area contributed by atoms with Crippen LogP contribution in [0.25, 0.3) is 0 Å². The third kappa shape index (κ3) is 5.09. The van der Waals surface area contributed by atoms with Gasteiger partial charge in [-0.15, -0.1) is 0 Å². The molecular formula is C22H28N2O4S. The summed E-state index contributed by atoms with van der Waals surface area (Å²) in [6, 6.07) is 15.1. The second-order valence-corrected chi connectivity index (χ2v) is 9.20. The lowest BCUT2D eigenvalue weighted by Gasteiger charge is -2.33. The van der Waals surface area contributed by atoms with E-state index in [4.69, 9.17) is 4.74 Å². The van der Waals surface area contributed by atoms with Crippen LogP contribution in [0.5, 0.6) is 5.75 Å². The molecule has 0 aromatic heterocycles. The minimum absolute atomic E-state index is 0.129. The van der Waals surface area contributed by atoms with Crippen molar-refractivity contribution in [1.82, 2.24) is 4.90 Å². The van der Waals surface area contributed by atoms with E-state index in [0.717, 1.165) is 12.8 Å². The Morgan fingerprint density at radius 1 is 1.14 bits per heavy atom. The van der Waals surface area contributed by atoms with E-state index in [-0.39, 0.29) is 17.3 Å². The summed E-state index contributed by atoms with van der Waals surface area (Å²) in [6.45, 7) is 5.62. The fourth-order valence-electron chi connectivity index (χ4n) is 3.55. The lowest BCUT2D eigenvalue weighted by molar-refractivity contribution is -0.131. The van der Waals surface area contributed by atoms with Crippen LogP contribution in [-0.4, -0.2) is 45.5 Å². The van der Waals surface area contributed by atoms with Gasteiger partial charge in [0.1, 0.15) is 12.3 Å². The normalized spacial score (nSPS) is 17.0. The predicted molar refractivity (Wildman–Crippen MR) is 114 cm³/mol. The van der Waals surface area contributed by atoms with Crippen LogP contribution in [0.2, 0.25) is 0 Å². The first-order valence-electron chi connectivity index (χ1n) is 10.00. The van der Waals surface area contributed by atoms with Crippen molar-refractivity contribution in [3.63, 3.8) is 0 Å². The van der Waals surface area contributed by atoms with Gasteiger partial charge in [0.15, 0.2) is 0 Å². The fourth-order valence-corrected chi connectivity index (χ4v) is 4.96. The highest BCUT2D eigenvalue weighted by molar-refractivity contribution is 7.92. The zero-order valence-electron chi connectivity index (χ0n) is 17.0. The molecule has 0 spiro atoms. The smallest absolute Gasteiger partial charge is 0.264 e. The van der Waals surface area contributed by atoms with Gasteiger partial charge in [0.05, 0.1) is 17.2 Å². The van der Waals surface area contributed by atoms with Crippen LogP contribution in [0.3, 0.4) is 0 Å². The lowest BCUT2D eigenvalue weighted by atomic mass is 10.0. The molecule has 1 heterocycles. The van der Waals surface area contributed by atoms with E-state index in [1.165, 1.54) is 16.4 Å². The van der Waals surface area contributed by atoms with Gasteiger partial charge in [-0.05, 0) is 62.1 Å². The molecule has 1 unspecified atom stereocenters. The van der Waals surface area contributed by atoms with Crippen molar-refractivity contribution in [2.24, 2.45) is 5.92 Å². The Hall–Kier alpha value is -2.54. The first kappa shape index (κ1) is 21.2. The number of rotatable bonds is 7. The molecule has 1 atom stereocenters. The Kier molecular flexibility index (Phi) is 6.79. The number of piperidine rings is 1. The summed E-state index contributed by atoms with van der Waals surface area (Å²) in [5.74, 6) is 0.867. The van der Waals surface area contributed by atoms with E-state index in [9.17, 15) is 13.2 Å². The van der Waals surface area contributed by atoms with Crippen molar-refractivity contribution in [2.75, 3.05) is 30.5 Å². The Labute approximate surface area is 173 Å². The third-order valence-electron chi connectivity index (χ3n) is 5.06. The highest BCUT2D eigenvalue weighted by Gasteiger charge is 2.30. The molecule has 7 heteroatoms. The second-order valence-electron chi connectivity index (χ2n) is 7.34. The zero-order chi connectivity index (χ0) is 20.9. The van der Waals surface area contributed by atoms with Crippen LogP contribution in [0, 0.1) is 5.92 Å². The van der Waals surface area contributed by atoms with Crippen molar-refractivity contribution in [2.45, 2.75) is 31.6 Å². The predicted octanol–water partition coefficient (Wildman–Crippen LogP) is 3.54. The van der Waals surface area contributed by atoms with Gasteiger partial charge < -0.3 is 9.64 Å². The zero-order valence-corrected chi connectivity index (χ0v) is 17.8. The Bertz CT molecular complexity index is 914. The molecule has 0 saturated carbocycles. The SMILES string of the molecule is CCOc1ccc(S(=O)(=O)N(CC(=O)N2CCCC(C)C2)c2ccccc2)cc1. The van der Waals surface area contributed by atoms with Crippen molar-refractivity contribution in [1.29, 1.82) is 0 Å². The molecule has 0 N–H and O–H groups in total. The summed E-state index contributed by atoms with van der Waals surface area (Å²) in [5, 5.41) is 0. The van der Waals surface area contributed by atoms with Crippen LogP contribution in [-0.2, 0) is 14.8 Å². The Balaban J connectivity index is 1.89. The number of ether oxygens (including phenoxy) is 1. The summed E-state index contributed by atoms with van der Waals surface area (Å²) in [6.07, 6.45) is 2.04. The van der Waals surface area contributed by atoms with Crippen LogP contribution < -0.4 is 9.04 Å². The molecule has 3 rings (SSSR count). The summed E-state index contributed by atoms with van der Waals surface area (Å²) < 4.78 is 33.4. The summed E-state index contributed by atoms with van der Waals surface area (Å²) in [7, 11) is -3.90. The highest BCUT2D eigenvalue weighted by Crippen LogP contribution is 2.26. The molecule has 2 aromatic carbocycles. The number of carbonyl (C=O) groups excluding carboxylic acids is 1. The molecule has 0 aliphatic carbocycles. The first-order valence-corrected chi connectivity index (χ1v) is 11.4. The summed E-state index contributed by atoms with van der Waals surface area (Å²) in [5.41, 5.74) is 0.472. The average Bonchev–Trinajstić information content (AvgIpc) is 2.73. The Morgan fingerprint density at radius 3 is 2.45 bits per heavy atom. The van der Waals surface area contributed by atoms with E-state index in [1.807, 2.05) is 13.0 Å². The minimum Gasteiger partial charge on any atom is -0.494 e. The maximum absolute atomic E-state index is 13.4. The number of amides is 1. The molecule has 1 aliphatic rings. The number of hydrogen-bond donors (Lipinski definition) is 0. The van der Waals surface area contributed by atoms with E-state index >= 15 is 0 Å². The molecule has 2 aromatic rings. The number of likely N-dealkylation sites (tertiary alicyclic amines) is 1. The van der Waals surface area contributed by atoms with Gasteiger partial charge in [-0.2, -0.15) is 0 Å². The van der Waals surface area contributed by atoms with Gasteiger partial charge in [-0.25, -0.2) is 8.42 Å². The van der Waals surface area contributed by atoms with E-state index in [0.29, 0.717) is 37.1 Å². The van der Waals surface area contributed by atoms with Crippen molar-refractivity contribution >= 4 is 21.6 Å². The van der Waals surface area contributed by atoms with Crippen LogP contribution in [0.1, 0.15) is 26.7 Å². The second kappa shape index (κ2) is 9.31. The van der Waals surface area contributed by atoms with Gasteiger partial charge in [-0.1, -0.05) is 25.1 Å². The van der Waals surface area contributed by atoms with Gasteiger partial charge in [-0.3, -0.25) is 9.10 Å². The number of hydrogen-bond acceptors (Lipinski definition) is 4. The van der Waals surface area contributed by atoms with Crippen LogP contribution in [0.4, 0.5) is 5.69 Å². The van der Waals surface area contributed by atoms with Gasteiger partial charge in [0.25, 0.3) is 10.0 Å². The third-order valence-corrected chi connectivity index (χ3v) is 6.84. The van der Waals surface area contributed by atoms with Crippen molar-refractivity contribution < 1.29 is 17.9 Å². The lowest BCUT2D eigenvalue weighted by Crippen LogP contribution is -2.46. The molecule has 6 nitrogen and oxygen atoms in total. The first-order chi connectivity index (χ1) is 13.9. The molecule has 1 fully saturated rings. The molecule has 29 heavy (non-hydrogen) atoms. The van der Waals surface area contributed by atoms with Crippen LogP contribution in [0.15, 0.2) is 59.5 Å². The topological polar surface area (TPSA) is 66.9 Å². The van der Waals surface area contributed by atoms with E-state index in [1.54, 1.807) is 41.3 Å². The largest absolute Gasteiger partial charge is 0.494 e. The molecule has 1 aliphatic heterocycles. The van der Waals surface area contributed by atoms with E-state index in [2.05, 4.69) is 6.92 Å². The maximum atomic E-state index is 13.4. The quantitative estimate of drug-likeness (QED) is 0.692. The molecule has 156 valence electrons. The number of anilines is 1. The Morgan fingerprint density at radius 2 is 1.83 bits per heavy atom. The summed E-state index contributed by atoms with van der Waals surface area (Å²) >= 11 is 0. The minimum atomic E-state index is -3.90. The van der Waals surface area contributed by atoms with Gasteiger partial charge in [0, 0.05) is 13.1 Å². The number of sulfonamides is 1. The maximum Gasteiger partial charge on any atom is 0.264 e. The number of para-hydroxylation sites is 1. The van der Waals surface area contributed by atoms with Gasteiger partial charge in [0.2, 0.25) is 5.91 Å². The molecule has 0 radical (unpaired) electrons. The number of nitrogens with zero attached hydrogens (tertiary/aromatic N) is 2. The molecule has 0 bridgehead atoms. The highest BCUT2D eigenvalue weighted by atomic mass is 32.2. The molecular weight excluding hydrogens is 388 g/mol. The monoisotopic (exact) mass is 416 g/mol. The fraction of sp³-hybridized carbons (Fsp3) is 0.409. The van der Waals surface area contributed by atoms with Gasteiger partial charge >= 0.3 is 0 Å². The van der Waals surface area contributed by atoms with E-state index < -0.39 is 10.0 Å². The number of carbonyl (C=O) groups is 1. The van der Waals surface area contributed by atoms with Crippen LogP contribution >= 0.6 is 0 Å². The van der Waals surface area contributed by atoms with Crippen molar-refractivity contribution in [3.05, 3.63) is 54.6 Å². The standard InChI is InChI=1S/C22H28N2O4S/c1-3-28-20-11-13-21(14-12-20)29(26,27)24(19-9-5-4-6-10-19)17-22(25)23-15-7-8-18(2)16-23/h4-6,9-14,18H,3,7-8,15-17H2,1-2H3. The molecule has 1 amide bonds. The molecule has 1 saturated heterocycles. The summed E-state index contributed by atoms with van der Waals surface area (Å²) in [4.78, 5) is 14.8. The average molecular weight is 417 g/mol.